The van der Waals surface area contributed by atoms with E-state index in [2.05, 4.69) is 24.0 Å². The number of nitrogens with zero attached hydrogens (tertiary/aromatic N) is 2. The van der Waals surface area contributed by atoms with Crippen molar-refractivity contribution in [1.82, 2.24) is 10.2 Å². The van der Waals surface area contributed by atoms with E-state index >= 15 is 0 Å². The molecule has 0 aliphatic heterocycles. The molecule has 0 bridgehead atoms. The fourth-order valence-corrected chi connectivity index (χ4v) is 1.93. The van der Waals surface area contributed by atoms with Crippen LogP contribution in [0, 0.1) is 12.3 Å². The Bertz CT molecular complexity index is 257. The van der Waals surface area contributed by atoms with E-state index in [4.69, 9.17) is 11.6 Å². The number of hydrogen-bond donors (Lipinski definition) is 0. The molecule has 1 aromatic rings. The fourth-order valence-electron chi connectivity index (χ4n) is 0.866. The molecule has 1 rings (SSSR count). The Morgan fingerprint density at radius 1 is 1.42 bits per heavy atom. The maximum atomic E-state index is 5.81. The van der Waals surface area contributed by atoms with Crippen LogP contribution in [0.15, 0.2) is 0 Å². The highest BCUT2D eigenvalue weighted by atomic mass is 35.5. The number of hydrogen-bond acceptors (Lipinski definition) is 3. The molecule has 0 N–H and O–H groups in total. The molecule has 1 aromatic heterocycles. The molecule has 2 nitrogen and oxygen atoms in total. The van der Waals surface area contributed by atoms with E-state index < -0.39 is 0 Å². The highest BCUT2D eigenvalue weighted by Crippen LogP contribution is 2.24. The van der Waals surface area contributed by atoms with Crippen LogP contribution in [0.25, 0.3) is 0 Å². The van der Waals surface area contributed by atoms with Crippen molar-refractivity contribution in [2.45, 2.75) is 27.2 Å². The summed E-state index contributed by atoms with van der Waals surface area (Å²) in [5, 5.41) is 10.1. The van der Waals surface area contributed by atoms with Gasteiger partial charge in [-0.3, -0.25) is 0 Å². The molecular weight excluding hydrogens is 192 g/mol. The molecule has 0 aromatic carbocycles. The van der Waals surface area contributed by atoms with E-state index in [0.29, 0.717) is 5.88 Å². The summed E-state index contributed by atoms with van der Waals surface area (Å²) in [6, 6.07) is 0. The summed E-state index contributed by atoms with van der Waals surface area (Å²) in [4.78, 5) is 0. The summed E-state index contributed by atoms with van der Waals surface area (Å²) < 4.78 is 0. The van der Waals surface area contributed by atoms with Gasteiger partial charge in [0, 0.05) is 12.3 Å². The third-order valence-electron chi connectivity index (χ3n) is 1.56. The number of aromatic nitrogens is 2. The van der Waals surface area contributed by atoms with Crippen LogP contribution in [-0.2, 0) is 6.42 Å². The standard InChI is InChI=1S/C8H13ClN2S/c1-6-10-11-7(12-6)4-8(2,3)5-9/h4-5H2,1-3H3. The van der Waals surface area contributed by atoms with Gasteiger partial charge in [-0.2, -0.15) is 0 Å². The third-order valence-corrected chi connectivity index (χ3v) is 3.12. The van der Waals surface area contributed by atoms with Crippen LogP contribution in [-0.4, -0.2) is 16.1 Å². The zero-order valence-electron chi connectivity index (χ0n) is 7.59. The van der Waals surface area contributed by atoms with Gasteiger partial charge in [0.1, 0.15) is 10.0 Å². The Hall–Kier alpha value is -0.150. The van der Waals surface area contributed by atoms with E-state index in [1.165, 1.54) is 0 Å². The van der Waals surface area contributed by atoms with Crippen molar-refractivity contribution in [2.24, 2.45) is 5.41 Å². The Balaban J connectivity index is 2.63. The van der Waals surface area contributed by atoms with Gasteiger partial charge in [-0.25, -0.2) is 0 Å². The summed E-state index contributed by atoms with van der Waals surface area (Å²) >= 11 is 7.46. The Kier molecular flexibility index (Phi) is 3.07. The summed E-state index contributed by atoms with van der Waals surface area (Å²) in [5.41, 5.74) is 0.132. The monoisotopic (exact) mass is 204 g/mol. The molecule has 0 aliphatic carbocycles. The van der Waals surface area contributed by atoms with Gasteiger partial charge >= 0.3 is 0 Å². The Labute approximate surface area is 82.0 Å². The molecule has 0 atom stereocenters. The Morgan fingerprint density at radius 2 is 2.08 bits per heavy atom. The first-order chi connectivity index (χ1) is 5.53. The average molecular weight is 205 g/mol. The van der Waals surface area contributed by atoms with Crippen LogP contribution in [0.5, 0.6) is 0 Å². The summed E-state index contributed by atoms with van der Waals surface area (Å²) in [6.45, 7) is 6.24. The number of rotatable bonds is 3. The van der Waals surface area contributed by atoms with Crippen LogP contribution in [0.4, 0.5) is 0 Å². The second-order valence-electron chi connectivity index (χ2n) is 3.69. The molecule has 0 unspecified atom stereocenters. The lowest BCUT2D eigenvalue weighted by Gasteiger charge is -2.18. The lowest BCUT2D eigenvalue weighted by molar-refractivity contribution is 0.416. The first-order valence-corrected chi connectivity index (χ1v) is 5.23. The second-order valence-corrected chi connectivity index (χ2v) is 5.22. The minimum atomic E-state index is 0.132. The molecule has 0 amide bonds. The van der Waals surface area contributed by atoms with Gasteiger partial charge in [0.05, 0.1) is 0 Å². The van der Waals surface area contributed by atoms with Crippen LogP contribution in [0.3, 0.4) is 0 Å². The maximum absolute atomic E-state index is 5.81. The molecule has 0 saturated heterocycles. The summed E-state index contributed by atoms with van der Waals surface area (Å²) in [5.74, 6) is 0.658. The van der Waals surface area contributed by atoms with Crippen molar-refractivity contribution in [1.29, 1.82) is 0 Å². The van der Waals surface area contributed by atoms with E-state index in [-0.39, 0.29) is 5.41 Å². The van der Waals surface area contributed by atoms with Crippen molar-refractivity contribution in [3.8, 4) is 0 Å². The SMILES string of the molecule is Cc1nnc(CC(C)(C)CCl)s1. The molecule has 4 heteroatoms. The normalized spacial score (nSPS) is 12.0. The van der Waals surface area contributed by atoms with Gasteiger partial charge in [0.15, 0.2) is 0 Å². The molecule has 12 heavy (non-hydrogen) atoms. The predicted octanol–water partition coefficient (Wildman–Crippen LogP) is 2.65. The van der Waals surface area contributed by atoms with E-state index in [0.717, 1.165) is 16.4 Å². The largest absolute Gasteiger partial charge is 0.144 e. The van der Waals surface area contributed by atoms with E-state index in [1.807, 2.05) is 6.92 Å². The molecule has 0 aliphatic rings. The molecule has 0 radical (unpaired) electrons. The maximum Gasteiger partial charge on any atom is 0.118 e. The number of halogens is 1. The van der Waals surface area contributed by atoms with Crippen LogP contribution in [0.1, 0.15) is 23.9 Å². The van der Waals surface area contributed by atoms with Gasteiger partial charge in [0.25, 0.3) is 0 Å². The lowest BCUT2D eigenvalue weighted by Crippen LogP contribution is -2.16. The van der Waals surface area contributed by atoms with Gasteiger partial charge in [-0.15, -0.1) is 33.1 Å². The number of alkyl halides is 1. The summed E-state index contributed by atoms with van der Waals surface area (Å²) in [6.07, 6.45) is 0.919. The van der Waals surface area contributed by atoms with Crippen molar-refractivity contribution in [2.75, 3.05) is 5.88 Å². The van der Waals surface area contributed by atoms with Crippen LogP contribution < -0.4 is 0 Å². The first kappa shape index (κ1) is 9.93. The van der Waals surface area contributed by atoms with Gasteiger partial charge < -0.3 is 0 Å². The second kappa shape index (κ2) is 3.71. The lowest BCUT2D eigenvalue weighted by atomic mass is 9.92. The zero-order valence-corrected chi connectivity index (χ0v) is 9.17. The topological polar surface area (TPSA) is 25.8 Å². The van der Waals surface area contributed by atoms with Crippen molar-refractivity contribution < 1.29 is 0 Å². The van der Waals surface area contributed by atoms with Crippen molar-refractivity contribution in [3.05, 3.63) is 10.0 Å². The highest BCUT2D eigenvalue weighted by Gasteiger charge is 2.19. The molecule has 0 saturated carbocycles. The molecule has 0 fully saturated rings. The van der Waals surface area contributed by atoms with Crippen LogP contribution in [0.2, 0.25) is 0 Å². The minimum Gasteiger partial charge on any atom is -0.144 e. The van der Waals surface area contributed by atoms with Gasteiger partial charge in [0.2, 0.25) is 0 Å². The minimum absolute atomic E-state index is 0.132. The van der Waals surface area contributed by atoms with Crippen LogP contribution >= 0.6 is 22.9 Å². The predicted molar refractivity (Wildman–Crippen MR) is 52.9 cm³/mol. The van der Waals surface area contributed by atoms with Crippen molar-refractivity contribution >= 4 is 22.9 Å². The molecule has 0 spiro atoms. The highest BCUT2D eigenvalue weighted by molar-refractivity contribution is 7.11. The van der Waals surface area contributed by atoms with E-state index in [1.54, 1.807) is 11.3 Å². The van der Waals surface area contributed by atoms with Gasteiger partial charge in [-0.1, -0.05) is 13.8 Å². The Morgan fingerprint density at radius 3 is 2.50 bits per heavy atom. The number of aryl methyl sites for hydroxylation is 1. The summed E-state index contributed by atoms with van der Waals surface area (Å²) in [7, 11) is 0. The first-order valence-electron chi connectivity index (χ1n) is 3.88. The molecule has 1 heterocycles. The molecule has 68 valence electrons. The zero-order chi connectivity index (χ0) is 9.19. The van der Waals surface area contributed by atoms with E-state index in [9.17, 15) is 0 Å². The average Bonchev–Trinajstić information content (AvgIpc) is 2.35. The fraction of sp³-hybridized carbons (Fsp3) is 0.750. The smallest absolute Gasteiger partial charge is 0.118 e. The third kappa shape index (κ3) is 2.72. The quantitative estimate of drug-likeness (QED) is 0.708. The van der Waals surface area contributed by atoms with Gasteiger partial charge in [-0.05, 0) is 12.3 Å². The van der Waals surface area contributed by atoms with Crippen molar-refractivity contribution in [3.63, 3.8) is 0 Å². The molecular formula is C8H13ClN2S.